The third-order valence-corrected chi connectivity index (χ3v) is 2.20. The second-order valence-electron chi connectivity index (χ2n) is 2.20. The SMILES string of the molecule is N#CC(c1ccccc1)S(=O)O. The van der Waals surface area contributed by atoms with Crippen LogP contribution in [0, 0.1) is 11.3 Å². The Morgan fingerprint density at radius 3 is 2.42 bits per heavy atom. The van der Waals surface area contributed by atoms with E-state index in [1.54, 1.807) is 36.4 Å². The molecule has 1 rings (SSSR count). The van der Waals surface area contributed by atoms with Crippen LogP contribution in [0.5, 0.6) is 0 Å². The summed E-state index contributed by atoms with van der Waals surface area (Å²) in [7, 11) is 0. The molecule has 12 heavy (non-hydrogen) atoms. The standard InChI is InChI=1S/C8H7NO2S/c9-6-8(12(10)11)7-4-2-1-3-5-7/h1-5,8H,(H,10,11). The van der Waals surface area contributed by atoms with E-state index in [1.807, 2.05) is 0 Å². The lowest BCUT2D eigenvalue weighted by molar-refractivity contribution is 0.559. The topological polar surface area (TPSA) is 61.1 Å². The fourth-order valence-corrected chi connectivity index (χ4v) is 1.34. The number of hydrogen-bond acceptors (Lipinski definition) is 2. The van der Waals surface area contributed by atoms with E-state index in [0.717, 1.165) is 0 Å². The second kappa shape index (κ2) is 4.00. The first-order valence-corrected chi connectivity index (χ1v) is 4.47. The van der Waals surface area contributed by atoms with Crippen LogP contribution in [0.25, 0.3) is 0 Å². The Morgan fingerprint density at radius 1 is 1.42 bits per heavy atom. The van der Waals surface area contributed by atoms with E-state index in [0.29, 0.717) is 5.56 Å². The molecule has 1 N–H and O–H groups in total. The fraction of sp³-hybridized carbons (Fsp3) is 0.125. The summed E-state index contributed by atoms with van der Waals surface area (Å²) in [6.07, 6.45) is 0. The summed E-state index contributed by atoms with van der Waals surface area (Å²) in [5.74, 6) is 0. The summed E-state index contributed by atoms with van der Waals surface area (Å²) >= 11 is -2.12. The van der Waals surface area contributed by atoms with Gasteiger partial charge >= 0.3 is 0 Å². The van der Waals surface area contributed by atoms with E-state index in [2.05, 4.69) is 0 Å². The van der Waals surface area contributed by atoms with E-state index in [9.17, 15) is 4.21 Å². The third kappa shape index (κ3) is 1.91. The molecule has 0 aliphatic carbocycles. The van der Waals surface area contributed by atoms with Gasteiger partial charge in [0.25, 0.3) is 0 Å². The molecule has 0 spiro atoms. The summed E-state index contributed by atoms with van der Waals surface area (Å²) in [6.45, 7) is 0. The van der Waals surface area contributed by atoms with Gasteiger partial charge in [-0.05, 0) is 5.56 Å². The largest absolute Gasteiger partial charge is 0.305 e. The zero-order chi connectivity index (χ0) is 8.97. The highest BCUT2D eigenvalue weighted by Crippen LogP contribution is 2.16. The van der Waals surface area contributed by atoms with Crippen LogP contribution >= 0.6 is 0 Å². The van der Waals surface area contributed by atoms with Crippen molar-refractivity contribution in [1.82, 2.24) is 0 Å². The van der Waals surface area contributed by atoms with Gasteiger partial charge < -0.3 is 4.55 Å². The molecule has 0 saturated carbocycles. The molecule has 0 saturated heterocycles. The molecule has 2 atom stereocenters. The minimum atomic E-state index is -2.12. The van der Waals surface area contributed by atoms with Crippen molar-refractivity contribution < 1.29 is 8.76 Å². The van der Waals surface area contributed by atoms with Gasteiger partial charge in [-0.25, -0.2) is 4.21 Å². The zero-order valence-corrected chi connectivity index (χ0v) is 6.99. The van der Waals surface area contributed by atoms with Crippen LogP contribution in [0.1, 0.15) is 10.8 Å². The van der Waals surface area contributed by atoms with Gasteiger partial charge in [-0.15, -0.1) is 0 Å². The van der Waals surface area contributed by atoms with E-state index < -0.39 is 16.3 Å². The summed E-state index contributed by atoms with van der Waals surface area (Å²) in [4.78, 5) is 0. The molecule has 0 aliphatic rings. The van der Waals surface area contributed by atoms with Gasteiger partial charge in [0.2, 0.25) is 0 Å². The van der Waals surface area contributed by atoms with Gasteiger partial charge in [-0.2, -0.15) is 5.26 Å². The van der Waals surface area contributed by atoms with Crippen LogP contribution in [0.15, 0.2) is 30.3 Å². The van der Waals surface area contributed by atoms with E-state index >= 15 is 0 Å². The fourth-order valence-electron chi connectivity index (χ4n) is 0.864. The Hall–Kier alpha value is -1.18. The average Bonchev–Trinajstić information content (AvgIpc) is 2.07. The molecule has 0 heterocycles. The molecule has 1 aromatic rings. The Labute approximate surface area is 72.9 Å². The van der Waals surface area contributed by atoms with Gasteiger partial charge in [0.1, 0.15) is 0 Å². The highest BCUT2D eigenvalue weighted by Gasteiger charge is 2.15. The molecule has 3 nitrogen and oxygen atoms in total. The molecule has 62 valence electrons. The molecule has 0 fully saturated rings. The van der Waals surface area contributed by atoms with Crippen LogP contribution in [-0.4, -0.2) is 8.76 Å². The summed E-state index contributed by atoms with van der Waals surface area (Å²) in [5, 5.41) is 7.61. The molecule has 0 amide bonds. The number of benzene rings is 1. The van der Waals surface area contributed by atoms with Crippen molar-refractivity contribution in [1.29, 1.82) is 5.26 Å². The summed E-state index contributed by atoms with van der Waals surface area (Å²) in [6, 6.07) is 10.3. The van der Waals surface area contributed by atoms with Crippen LogP contribution in [0.3, 0.4) is 0 Å². The Kier molecular flexibility index (Phi) is 2.97. The van der Waals surface area contributed by atoms with Crippen molar-refractivity contribution in [2.45, 2.75) is 5.25 Å². The van der Waals surface area contributed by atoms with Crippen molar-refractivity contribution in [3.8, 4) is 6.07 Å². The second-order valence-corrected chi connectivity index (χ2v) is 3.22. The smallest absolute Gasteiger partial charge is 0.175 e. The number of nitrogens with zero attached hydrogens (tertiary/aromatic N) is 1. The average molecular weight is 181 g/mol. The number of nitriles is 1. The molecule has 0 radical (unpaired) electrons. The summed E-state index contributed by atoms with van der Waals surface area (Å²) < 4.78 is 19.3. The van der Waals surface area contributed by atoms with Gasteiger partial charge in [-0.1, -0.05) is 30.3 Å². The zero-order valence-electron chi connectivity index (χ0n) is 6.18. The van der Waals surface area contributed by atoms with Gasteiger partial charge in [0, 0.05) is 0 Å². The lowest BCUT2D eigenvalue weighted by Crippen LogP contribution is -2.02. The predicted octanol–water partition coefficient (Wildman–Crippen LogP) is 1.47. The van der Waals surface area contributed by atoms with Crippen molar-refractivity contribution in [3.63, 3.8) is 0 Å². The van der Waals surface area contributed by atoms with Crippen molar-refractivity contribution in [2.24, 2.45) is 0 Å². The lowest BCUT2D eigenvalue weighted by Gasteiger charge is -2.02. The Bertz CT molecular complexity index is 318. The first-order chi connectivity index (χ1) is 5.75. The van der Waals surface area contributed by atoms with Crippen molar-refractivity contribution in [3.05, 3.63) is 35.9 Å². The maximum atomic E-state index is 10.6. The molecule has 2 unspecified atom stereocenters. The van der Waals surface area contributed by atoms with E-state index in [1.165, 1.54) is 0 Å². The molecule has 1 aromatic carbocycles. The highest BCUT2D eigenvalue weighted by atomic mass is 32.2. The van der Waals surface area contributed by atoms with Crippen molar-refractivity contribution >= 4 is 11.1 Å². The Morgan fingerprint density at radius 2 is 2.00 bits per heavy atom. The molecule has 0 aliphatic heterocycles. The quantitative estimate of drug-likeness (QED) is 0.703. The van der Waals surface area contributed by atoms with Gasteiger partial charge in [-0.3, -0.25) is 0 Å². The van der Waals surface area contributed by atoms with Gasteiger partial charge in [0.15, 0.2) is 16.3 Å². The summed E-state index contributed by atoms with van der Waals surface area (Å²) in [5.41, 5.74) is 0.570. The first kappa shape index (κ1) is 8.91. The third-order valence-electron chi connectivity index (χ3n) is 1.42. The minimum Gasteiger partial charge on any atom is -0.305 e. The monoisotopic (exact) mass is 181 g/mol. The van der Waals surface area contributed by atoms with Gasteiger partial charge in [0.05, 0.1) is 6.07 Å². The van der Waals surface area contributed by atoms with Crippen LogP contribution in [-0.2, 0) is 11.1 Å². The molecule has 0 bridgehead atoms. The molecule has 0 aromatic heterocycles. The molecular formula is C8H7NO2S. The first-order valence-electron chi connectivity index (χ1n) is 3.30. The number of hydrogen-bond donors (Lipinski definition) is 1. The maximum Gasteiger partial charge on any atom is 0.175 e. The highest BCUT2D eigenvalue weighted by molar-refractivity contribution is 7.79. The normalized spacial score (nSPS) is 14.7. The van der Waals surface area contributed by atoms with Crippen LogP contribution in [0.4, 0.5) is 0 Å². The number of rotatable bonds is 2. The molecule has 4 heteroatoms. The maximum absolute atomic E-state index is 10.6. The predicted molar refractivity (Wildman–Crippen MR) is 45.6 cm³/mol. The minimum absolute atomic E-state index is 0.570. The Balaban J connectivity index is 2.98. The van der Waals surface area contributed by atoms with E-state index in [4.69, 9.17) is 9.81 Å². The van der Waals surface area contributed by atoms with E-state index in [-0.39, 0.29) is 0 Å². The lowest BCUT2D eigenvalue weighted by atomic mass is 10.2. The van der Waals surface area contributed by atoms with Crippen LogP contribution in [0.2, 0.25) is 0 Å². The van der Waals surface area contributed by atoms with Crippen molar-refractivity contribution in [2.75, 3.05) is 0 Å². The molecular weight excluding hydrogens is 174 g/mol. The van der Waals surface area contributed by atoms with Crippen LogP contribution < -0.4 is 0 Å².